The summed E-state index contributed by atoms with van der Waals surface area (Å²) in [6, 6.07) is 10.3. The highest BCUT2D eigenvalue weighted by Gasteiger charge is 2.52. The molecule has 0 aromatic heterocycles. The van der Waals surface area contributed by atoms with Crippen LogP contribution in [0.2, 0.25) is 0 Å². The molecule has 1 aromatic carbocycles. The Balaban J connectivity index is 1.37. The van der Waals surface area contributed by atoms with Crippen molar-refractivity contribution in [2.75, 3.05) is 13.6 Å². The number of carbonyl (C=O) groups is 1. The third kappa shape index (κ3) is 2.99. The molecule has 0 aliphatic heterocycles. The minimum atomic E-state index is 0.0727. The van der Waals surface area contributed by atoms with Crippen LogP contribution in [0.15, 0.2) is 30.3 Å². The number of hydrogen-bond acceptors (Lipinski definition) is 2. The smallest absolute Gasteiger partial charge is 0.234 e. The molecule has 0 radical (unpaired) electrons. The predicted molar refractivity (Wildman–Crippen MR) is 96.5 cm³/mol. The third-order valence-electron chi connectivity index (χ3n) is 6.87. The Hall–Kier alpha value is -1.35. The quantitative estimate of drug-likeness (QED) is 0.893. The van der Waals surface area contributed by atoms with E-state index < -0.39 is 0 Å². The van der Waals surface area contributed by atoms with Gasteiger partial charge in [0, 0.05) is 5.54 Å². The number of nitrogens with zero attached hydrogens (tertiary/aromatic N) is 1. The number of carbonyl (C=O) groups excluding carboxylic acids is 1. The summed E-state index contributed by atoms with van der Waals surface area (Å²) in [6.45, 7) is 2.60. The molecule has 4 aliphatic rings. The first-order chi connectivity index (χ1) is 11.5. The van der Waals surface area contributed by atoms with Crippen LogP contribution >= 0.6 is 0 Å². The van der Waals surface area contributed by atoms with Gasteiger partial charge in [-0.2, -0.15) is 0 Å². The summed E-state index contributed by atoms with van der Waals surface area (Å²) in [5, 5.41) is 3.18. The lowest BCUT2D eigenvalue weighted by molar-refractivity contribution is -0.129. The largest absolute Gasteiger partial charge is 0.348 e. The number of amides is 1. The van der Waals surface area contributed by atoms with E-state index in [1.165, 1.54) is 44.1 Å². The number of rotatable bonds is 5. The molecule has 0 spiro atoms. The van der Waals surface area contributed by atoms with Crippen molar-refractivity contribution in [1.29, 1.82) is 0 Å². The minimum Gasteiger partial charge on any atom is -0.348 e. The predicted octanol–water partition coefficient (Wildman–Crippen LogP) is 3.76. The summed E-state index contributed by atoms with van der Waals surface area (Å²) < 4.78 is 0. The fraction of sp³-hybridized carbons (Fsp3) is 0.667. The molecule has 24 heavy (non-hydrogen) atoms. The van der Waals surface area contributed by atoms with Crippen LogP contribution in [0.25, 0.3) is 0 Å². The molecule has 1 unspecified atom stereocenters. The summed E-state index contributed by atoms with van der Waals surface area (Å²) in [5.41, 5.74) is 1.48. The molecule has 130 valence electrons. The Morgan fingerprint density at radius 2 is 1.67 bits per heavy atom. The number of hydrogen-bond donors (Lipinski definition) is 1. The van der Waals surface area contributed by atoms with Crippen molar-refractivity contribution in [2.45, 2.75) is 57.0 Å². The fourth-order valence-corrected chi connectivity index (χ4v) is 6.03. The first-order valence-electron chi connectivity index (χ1n) is 9.60. The van der Waals surface area contributed by atoms with Crippen LogP contribution in [0, 0.1) is 17.8 Å². The summed E-state index contributed by atoms with van der Waals surface area (Å²) in [4.78, 5) is 15.0. The summed E-state index contributed by atoms with van der Waals surface area (Å²) >= 11 is 0. The Kier molecular flexibility index (Phi) is 4.16. The molecule has 5 rings (SSSR count). The molecule has 4 fully saturated rings. The van der Waals surface area contributed by atoms with Crippen LogP contribution in [-0.4, -0.2) is 29.9 Å². The van der Waals surface area contributed by atoms with Gasteiger partial charge in [0.1, 0.15) is 0 Å². The van der Waals surface area contributed by atoms with E-state index >= 15 is 0 Å². The van der Waals surface area contributed by atoms with Crippen molar-refractivity contribution in [1.82, 2.24) is 10.2 Å². The van der Waals surface area contributed by atoms with Crippen LogP contribution in [-0.2, 0) is 4.79 Å². The van der Waals surface area contributed by atoms with Gasteiger partial charge >= 0.3 is 0 Å². The Bertz CT molecular complexity index is 562. The lowest BCUT2D eigenvalue weighted by atomic mass is 9.52. The Labute approximate surface area is 145 Å². The second-order valence-corrected chi connectivity index (χ2v) is 8.70. The van der Waals surface area contributed by atoms with Gasteiger partial charge in [-0.3, -0.25) is 9.69 Å². The molecule has 4 saturated carbocycles. The molecule has 0 heterocycles. The molecule has 1 amide bonds. The van der Waals surface area contributed by atoms with Gasteiger partial charge in [0.25, 0.3) is 0 Å². The first-order valence-corrected chi connectivity index (χ1v) is 9.60. The number of likely N-dealkylation sites (N-methyl/N-ethyl adjacent to an activating group) is 1. The van der Waals surface area contributed by atoms with Crippen molar-refractivity contribution in [3.05, 3.63) is 35.9 Å². The maximum atomic E-state index is 12.6. The molecule has 1 atom stereocenters. The van der Waals surface area contributed by atoms with E-state index in [1.807, 2.05) is 18.2 Å². The summed E-state index contributed by atoms with van der Waals surface area (Å²) in [6.07, 6.45) is 8.30. The van der Waals surface area contributed by atoms with Gasteiger partial charge in [-0.1, -0.05) is 30.3 Å². The third-order valence-corrected chi connectivity index (χ3v) is 6.87. The van der Waals surface area contributed by atoms with Crippen LogP contribution in [0.4, 0.5) is 0 Å². The maximum absolute atomic E-state index is 12.6. The van der Waals surface area contributed by atoms with Crippen molar-refractivity contribution in [3.8, 4) is 0 Å². The minimum absolute atomic E-state index is 0.0727. The SMILES string of the molecule is CC(NC(=O)CN(C)C12CC3CC(CC(C3)C1)C2)c1ccccc1. The van der Waals surface area contributed by atoms with Crippen molar-refractivity contribution in [3.63, 3.8) is 0 Å². The summed E-state index contributed by atoms with van der Waals surface area (Å²) in [5.74, 6) is 2.92. The van der Waals surface area contributed by atoms with Gasteiger partial charge in [-0.05, 0) is 75.8 Å². The number of nitrogens with one attached hydrogen (secondary N) is 1. The van der Waals surface area contributed by atoms with Crippen LogP contribution in [0.5, 0.6) is 0 Å². The fourth-order valence-electron chi connectivity index (χ4n) is 6.03. The van der Waals surface area contributed by atoms with Gasteiger partial charge in [-0.25, -0.2) is 0 Å². The van der Waals surface area contributed by atoms with Gasteiger partial charge < -0.3 is 5.32 Å². The molecule has 1 aromatic rings. The van der Waals surface area contributed by atoms with Crippen molar-refractivity contribution < 1.29 is 4.79 Å². The van der Waals surface area contributed by atoms with E-state index in [0.717, 1.165) is 17.8 Å². The molecule has 3 nitrogen and oxygen atoms in total. The van der Waals surface area contributed by atoms with Crippen LogP contribution in [0.1, 0.15) is 57.1 Å². The van der Waals surface area contributed by atoms with Gasteiger partial charge in [-0.15, -0.1) is 0 Å². The van der Waals surface area contributed by atoms with E-state index in [4.69, 9.17) is 0 Å². The Morgan fingerprint density at radius 3 is 2.21 bits per heavy atom. The number of benzene rings is 1. The second-order valence-electron chi connectivity index (χ2n) is 8.70. The lowest BCUT2D eigenvalue weighted by Crippen LogP contribution is -2.60. The van der Waals surface area contributed by atoms with Gasteiger partial charge in [0.05, 0.1) is 12.6 Å². The van der Waals surface area contributed by atoms with Crippen molar-refractivity contribution >= 4 is 5.91 Å². The zero-order valence-corrected chi connectivity index (χ0v) is 15.0. The van der Waals surface area contributed by atoms with E-state index in [2.05, 4.69) is 36.3 Å². The van der Waals surface area contributed by atoms with Crippen molar-refractivity contribution in [2.24, 2.45) is 17.8 Å². The zero-order valence-electron chi connectivity index (χ0n) is 15.0. The monoisotopic (exact) mass is 326 g/mol. The highest BCUT2D eigenvalue weighted by molar-refractivity contribution is 5.78. The van der Waals surface area contributed by atoms with Crippen LogP contribution < -0.4 is 5.32 Å². The molecular weight excluding hydrogens is 296 g/mol. The maximum Gasteiger partial charge on any atom is 0.234 e. The van der Waals surface area contributed by atoms with Crippen LogP contribution in [0.3, 0.4) is 0 Å². The zero-order chi connectivity index (χ0) is 16.7. The highest BCUT2D eigenvalue weighted by Crippen LogP contribution is 2.57. The molecule has 4 bridgehead atoms. The van der Waals surface area contributed by atoms with E-state index in [1.54, 1.807) is 0 Å². The van der Waals surface area contributed by atoms with Gasteiger partial charge in [0.2, 0.25) is 5.91 Å². The average Bonchev–Trinajstić information content (AvgIpc) is 2.54. The standard InChI is InChI=1S/C21H30N2O/c1-15(19-6-4-3-5-7-19)22-20(24)14-23(2)21-11-16-8-17(12-21)10-18(9-16)13-21/h3-7,15-18H,8-14H2,1-2H3,(H,22,24). The lowest BCUT2D eigenvalue weighted by Gasteiger charge is -2.59. The topological polar surface area (TPSA) is 32.3 Å². The molecule has 1 N–H and O–H groups in total. The van der Waals surface area contributed by atoms with E-state index in [0.29, 0.717) is 12.1 Å². The normalized spacial score (nSPS) is 35.2. The highest BCUT2D eigenvalue weighted by atomic mass is 16.2. The molecule has 0 saturated heterocycles. The van der Waals surface area contributed by atoms with E-state index in [-0.39, 0.29) is 11.9 Å². The second kappa shape index (κ2) is 6.18. The average molecular weight is 326 g/mol. The first kappa shape index (κ1) is 16.1. The molecule has 4 aliphatic carbocycles. The van der Waals surface area contributed by atoms with Gasteiger partial charge in [0.15, 0.2) is 0 Å². The summed E-state index contributed by atoms with van der Waals surface area (Å²) in [7, 11) is 2.18. The molecule has 3 heteroatoms. The van der Waals surface area contributed by atoms with E-state index in [9.17, 15) is 4.79 Å². The Morgan fingerprint density at radius 1 is 1.12 bits per heavy atom. The molecular formula is C21H30N2O.